The van der Waals surface area contributed by atoms with Crippen molar-refractivity contribution in [2.24, 2.45) is 0 Å². The molecule has 0 aliphatic carbocycles. The molecule has 0 amide bonds. The van der Waals surface area contributed by atoms with E-state index >= 15 is 0 Å². The fourth-order valence-corrected chi connectivity index (χ4v) is 5.28. The zero-order valence-corrected chi connectivity index (χ0v) is 23.2. The van der Waals surface area contributed by atoms with E-state index in [1.165, 1.54) is 15.3 Å². The molecule has 0 bridgehead atoms. The highest BCUT2D eigenvalue weighted by Crippen LogP contribution is 2.34. The number of benzene rings is 1. The lowest BCUT2D eigenvalue weighted by Gasteiger charge is -2.31. The molecule has 42 heavy (non-hydrogen) atoms. The van der Waals surface area contributed by atoms with Crippen LogP contribution in [-0.2, 0) is 24.9 Å². The van der Waals surface area contributed by atoms with Crippen molar-refractivity contribution in [3.8, 4) is 17.2 Å². The van der Waals surface area contributed by atoms with Crippen molar-refractivity contribution in [3.05, 3.63) is 94.6 Å². The van der Waals surface area contributed by atoms with E-state index in [1.807, 2.05) is 50.3 Å². The van der Waals surface area contributed by atoms with E-state index in [0.29, 0.717) is 30.9 Å². The van der Waals surface area contributed by atoms with Gasteiger partial charge in [-0.05, 0) is 59.8 Å². The molecular weight excluding hydrogens is 549 g/mol. The number of imidazole rings is 1. The van der Waals surface area contributed by atoms with Gasteiger partial charge in [0.25, 0.3) is 5.78 Å². The predicted molar refractivity (Wildman–Crippen MR) is 150 cm³/mol. The van der Waals surface area contributed by atoms with Crippen LogP contribution in [0.1, 0.15) is 54.7 Å². The second-order valence-electron chi connectivity index (χ2n) is 10.2. The van der Waals surface area contributed by atoms with Crippen LogP contribution in [0.15, 0.2) is 72.1 Å². The largest absolute Gasteiger partial charge is 0.455 e. The number of tetrazole rings is 1. The molecule has 4 aromatic rings. The van der Waals surface area contributed by atoms with E-state index in [-0.39, 0.29) is 12.4 Å². The number of hydrogen-bond acceptors (Lipinski definition) is 6. The van der Waals surface area contributed by atoms with E-state index in [9.17, 15) is 22.8 Å². The number of carbonyl (C=O) groups is 1. The first-order valence-electron chi connectivity index (χ1n) is 13.8. The van der Waals surface area contributed by atoms with Crippen LogP contribution in [0, 0.1) is 0 Å². The van der Waals surface area contributed by atoms with Crippen molar-refractivity contribution in [2.75, 3.05) is 0 Å². The Morgan fingerprint density at radius 1 is 1.10 bits per heavy atom. The number of rotatable bonds is 11. The lowest BCUT2D eigenvalue weighted by molar-refractivity contribution is -0.0885. The molecule has 5 rings (SSSR count). The standard InChI is InChI=1S/C29H31F3N8O2/c1-3-5-9-22-18-39(26-23(24(41)29(30,31)32)10-16-38(26)15-4-2)27(42)40(22)19-28(11-13-33-14-12-28)21-8-6-7-20(17-21)25-34-36-37-35-25/h6-8,10-14,16-18,33H,3-5,9,15,19H2,1-2H3,(H,34,35,36,37). The highest BCUT2D eigenvalue weighted by Gasteiger charge is 2.42. The van der Waals surface area contributed by atoms with Crippen LogP contribution in [0.25, 0.3) is 17.2 Å². The lowest BCUT2D eigenvalue weighted by atomic mass is 9.78. The first-order valence-corrected chi connectivity index (χ1v) is 13.8. The van der Waals surface area contributed by atoms with Crippen LogP contribution >= 0.6 is 0 Å². The zero-order chi connectivity index (χ0) is 29.9. The highest BCUT2D eigenvalue weighted by atomic mass is 19.4. The molecule has 1 aliphatic heterocycles. The topological polar surface area (TPSA) is 115 Å². The summed E-state index contributed by atoms with van der Waals surface area (Å²) in [5, 5.41) is 17.1. The van der Waals surface area contributed by atoms with Crippen molar-refractivity contribution in [3.63, 3.8) is 0 Å². The number of halogens is 3. The van der Waals surface area contributed by atoms with Crippen molar-refractivity contribution < 1.29 is 18.0 Å². The van der Waals surface area contributed by atoms with Crippen molar-refractivity contribution >= 4 is 5.78 Å². The first kappa shape index (κ1) is 28.8. The molecule has 4 heterocycles. The molecule has 10 nitrogen and oxygen atoms in total. The normalized spacial score (nSPS) is 14.3. The van der Waals surface area contributed by atoms with Crippen molar-refractivity contribution in [1.29, 1.82) is 0 Å². The van der Waals surface area contributed by atoms with Gasteiger partial charge < -0.3 is 9.88 Å². The molecular formula is C29H31F3N8O2. The predicted octanol–water partition coefficient (Wildman–Crippen LogP) is 4.69. The Labute approximate surface area is 239 Å². The Hall–Kier alpha value is -4.68. The summed E-state index contributed by atoms with van der Waals surface area (Å²) in [5.41, 5.74) is 0.397. The maximum absolute atomic E-state index is 14.2. The molecule has 2 N–H and O–H groups in total. The summed E-state index contributed by atoms with van der Waals surface area (Å²) in [6, 6.07) is 8.75. The van der Waals surface area contributed by atoms with Crippen LogP contribution in [0.2, 0.25) is 0 Å². The maximum atomic E-state index is 14.2. The van der Waals surface area contributed by atoms with Gasteiger partial charge in [-0.25, -0.2) is 9.89 Å². The first-order chi connectivity index (χ1) is 20.2. The van der Waals surface area contributed by atoms with Gasteiger partial charge in [0.1, 0.15) is 5.82 Å². The third kappa shape index (κ3) is 5.46. The van der Waals surface area contributed by atoms with Crippen LogP contribution in [0.3, 0.4) is 0 Å². The number of ketones is 1. The van der Waals surface area contributed by atoms with Gasteiger partial charge in [0.15, 0.2) is 5.82 Å². The number of carbonyl (C=O) groups excluding carboxylic acids is 1. The van der Waals surface area contributed by atoms with Crippen molar-refractivity contribution in [2.45, 2.75) is 64.2 Å². The number of allylic oxidation sites excluding steroid dienone is 2. The van der Waals surface area contributed by atoms with E-state index < -0.39 is 28.6 Å². The zero-order valence-electron chi connectivity index (χ0n) is 23.2. The number of nitrogens with zero attached hydrogens (tertiary/aromatic N) is 6. The maximum Gasteiger partial charge on any atom is 0.455 e. The molecule has 0 fully saturated rings. The minimum atomic E-state index is -5.08. The minimum absolute atomic E-state index is 0.0778. The SMILES string of the molecule is CCCCc1cn(-c2c(C(=O)C(F)(F)F)ccn2CCC)c(=O)n1CC1(c2cccc(-c3nnn[nH]3)c2)C=CNC=C1. The Morgan fingerprint density at radius 3 is 2.55 bits per heavy atom. The Morgan fingerprint density at radius 2 is 1.88 bits per heavy atom. The molecule has 13 heteroatoms. The van der Waals surface area contributed by atoms with Gasteiger partial charge in [0, 0.05) is 36.7 Å². The molecule has 3 aromatic heterocycles. The Balaban J connectivity index is 1.66. The average Bonchev–Trinajstić information content (AvgIpc) is 3.73. The van der Waals surface area contributed by atoms with E-state index in [4.69, 9.17) is 0 Å². The monoisotopic (exact) mass is 580 g/mol. The minimum Gasteiger partial charge on any atom is -0.368 e. The van der Waals surface area contributed by atoms with Crippen LogP contribution < -0.4 is 11.0 Å². The van der Waals surface area contributed by atoms with E-state index in [1.54, 1.807) is 23.2 Å². The smallest absolute Gasteiger partial charge is 0.368 e. The number of alkyl halides is 3. The molecule has 0 unspecified atom stereocenters. The summed E-state index contributed by atoms with van der Waals surface area (Å²) in [6.45, 7) is 4.40. The van der Waals surface area contributed by atoms with Crippen LogP contribution in [0.5, 0.6) is 0 Å². The summed E-state index contributed by atoms with van der Waals surface area (Å²) in [4.78, 5) is 26.6. The number of Topliss-reactive ketones (excluding diaryl/α,β-unsaturated/α-hetero) is 1. The number of hydrogen-bond donors (Lipinski definition) is 2. The van der Waals surface area contributed by atoms with Gasteiger partial charge in [-0.1, -0.05) is 50.6 Å². The van der Waals surface area contributed by atoms with Gasteiger partial charge in [-0.2, -0.15) is 13.2 Å². The lowest BCUT2D eigenvalue weighted by Crippen LogP contribution is -2.36. The van der Waals surface area contributed by atoms with Gasteiger partial charge in [0.2, 0.25) is 0 Å². The van der Waals surface area contributed by atoms with Gasteiger partial charge in [-0.3, -0.25) is 13.9 Å². The van der Waals surface area contributed by atoms with Gasteiger partial charge >= 0.3 is 11.9 Å². The molecule has 0 atom stereocenters. The molecule has 1 aliphatic rings. The summed E-state index contributed by atoms with van der Waals surface area (Å²) in [7, 11) is 0. The summed E-state index contributed by atoms with van der Waals surface area (Å²) in [5.74, 6) is -1.58. The Bertz CT molecular complexity index is 1660. The quantitative estimate of drug-likeness (QED) is 0.249. The highest BCUT2D eigenvalue weighted by molar-refractivity contribution is 6.03. The number of aromatic amines is 1. The Kier molecular flexibility index (Phi) is 8.01. The number of nitrogens with one attached hydrogen (secondary N) is 2. The second-order valence-corrected chi connectivity index (χ2v) is 10.2. The molecule has 0 radical (unpaired) electrons. The number of dihydropyridines is 1. The van der Waals surface area contributed by atoms with Crippen LogP contribution in [-0.4, -0.2) is 46.3 Å². The van der Waals surface area contributed by atoms with Crippen molar-refractivity contribution in [1.82, 2.24) is 39.6 Å². The molecule has 0 saturated heterocycles. The third-order valence-electron chi connectivity index (χ3n) is 7.37. The van der Waals surface area contributed by atoms with Gasteiger partial charge in [0.05, 0.1) is 11.0 Å². The number of aromatic nitrogens is 7. The third-order valence-corrected chi connectivity index (χ3v) is 7.37. The molecule has 220 valence electrons. The summed E-state index contributed by atoms with van der Waals surface area (Å²) >= 11 is 0. The summed E-state index contributed by atoms with van der Waals surface area (Å²) in [6.07, 6.45) is 8.11. The van der Waals surface area contributed by atoms with Crippen LogP contribution in [0.4, 0.5) is 13.2 Å². The number of H-pyrrole nitrogens is 1. The molecule has 1 aromatic carbocycles. The fraction of sp³-hybridized carbons (Fsp3) is 0.345. The number of unbranched alkanes of at least 4 members (excludes halogenated alkanes) is 1. The number of aryl methyl sites for hydroxylation is 2. The van der Waals surface area contributed by atoms with E-state index in [2.05, 4.69) is 25.9 Å². The second kappa shape index (κ2) is 11.7. The molecule has 0 saturated carbocycles. The fourth-order valence-electron chi connectivity index (χ4n) is 5.28. The molecule has 0 spiro atoms. The van der Waals surface area contributed by atoms with E-state index in [0.717, 1.165) is 30.0 Å². The summed E-state index contributed by atoms with van der Waals surface area (Å²) < 4.78 is 45.0. The van der Waals surface area contributed by atoms with Gasteiger partial charge in [-0.15, -0.1) is 5.10 Å². The average molecular weight is 581 g/mol.